The average molecular weight is 308 g/mol. The molecule has 114 valence electrons. The van der Waals surface area contributed by atoms with Crippen molar-refractivity contribution in [2.45, 2.75) is 64.2 Å². The first kappa shape index (κ1) is 16.3. The summed E-state index contributed by atoms with van der Waals surface area (Å²) in [6, 6.07) is 5.11. The molecule has 1 aliphatic rings. The van der Waals surface area contributed by atoms with Gasteiger partial charge in [-0.25, -0.2) is 4.39 Å². The molecule has 0 radical (unpaired) electrons. The summed E-state index contributed by atoms with van der Waals surface area (Å²) in [6.45, 7) is 2.24. The average Bonchev–Trinajstić information content (AvgIpc) is 2.48. The number of halogens is 2. The van der Waals surface area contributed by atoms with Gasteiger partial charge in [-0.2, -0.15) is 5.26 Å². The predicted molar refractivity (Wildman–Crippen MR) is 85.0 cm³/mol. The Hall–Kier alpha value is -1.07. The van der Waals surface area contributed by atoms with Crippen molar-refractivity contribution in [3.05, 3.63) is 34.1 Å². The summed E-state index contributed by atoms with van der Waals surface area (Å²) in [5, 5.41) is 9.11. The van der Waals surface area contributed by atoms with E-state index in [0.717, 1.165) is 24.3 Å². The topological polar surface area (TPSA) is 23.8 Å². The van der Waals surface area contributed by atoms with Crippen molar-refractivity contribution in [2.24, 2.45) is 5.92 Å². The maximum absolute atomic E-state index is 13.8. The van der Waals surface area contributed by atoms with E-state index in [2.05, 4.69) is 6.92 Å². The second kappa shape index (κ2) is 7.80. The summed E-state index contributed by atoms with van der Waals surface area (Å²) in [5.74, 6) is 0.753. The number of benzene rings is 1. The van der Waals surface area contributed by atoms with Gasteiger partial charge in [0.15, 0.2) is 0 Å². The molecule has 1 nitrogen and oxygen atoms in total. The van der Waals surface area contributed by atoms with Crippen LogP contribution >= 0.6 is 11.6 Å². The minimum Gasteiger partial charge on any atom is -0.205 e. The van der Waals surface area contributed by atoms with Gasteiger partial charge in [-0.15, -0.1) is 0 Å². The first-order valence-corrected chi connectivity index (χ1v) is 8.42. The van der Waals surface area contributed by atoms with E-state index in [1.807, 2.05) is 6.07 Å². The van der Waals surface area contributed by atoms with E-state index in [1.54, 1.807) is 6.07 Å². The molecular weight excluding hydrogens is 285 g/mol. The molecule has 0 spiro atoms. The van der Waals surface area contributed by atoms with E-state index in [4.69, 9.17) is 16.9 Å². The molecule has 0 aromatic heterocycles. The van der Waals surface area contributed by atoms with E-state index >= 15 is 0 Å². The molecule has 1 aromatic carbocycles. The van der Waals surface area contributed by atoms with Gasteiger partial charge in [-0.3, -0.25) is 0 Å². The van der Waals surface area contributed by atoms with Gasteiger partial charge < -0.3 is 0 Å². The molecule has 0 N–H and O–H groups in total. The molecule has 2 rings (SSSR count). The smallest absolute Gasteiger partial charge is 0.142 e. The van der Waals surface area contributed by atoms with Crippen molar-refractivity contribution in [3.8, 4) is 6.07 Å². The summed E-state index contributed by atoms with van der Waals surface area (Å²) < 4.78 is 13.8. The van der Waals surface area contributed by atoms with Crippen molar-refractivity contribution < 1.29 is 4.39 Å². The summed E-state index contributed by atoms with van der Waals surface area (Å²) in [4.78, 5) is 0. The lowest BCUT2D eigenvalue weighted by Gasteiger charge is -2.29. The highest BCUT2D eigenvalue weighted by Gasteiger charge is 2.23. The Balaban J connectivity index is 1.95. The van der Waals surface area contributed by atoms with Gasteiger partial charge in [0.1, 0.15) is 17.4 Å². The number of nitrogens with zero attached hydrogens (tertiary/aromatic N) is 1. The van der Waals surface area contributed by atoms with Gasteiger partial charge in [-0.05, 0) is 55.2 Å². The van der Waals surface area contributed by atoms with Crippen LogP contribution in [-0.2, 0) is 0 Å². The van der Waals surface area contributed by atoms with Gasteiger partial charge >= 0.3 is 0 Å². The van der Waals surface area contributed by atoms with E-state index in [9.17, 15) is 4.39 Å². The Morgan fingerprint density at radius 2 is 1.95 bits per heavy atom. The SMILES string of the molecule is CCCCC[C@H]1CC[C@H](c2cc(F)c(C#N)c(Cl)c2)CC1. The van der Waals surface area contributed by atoms with Gasteiger partial charge in [0.05, 0.1) is 5.02 Å². The van der Waals surface area contributed by atoms with Crippen LogP contribution in [0.2, 0.25) is 5.02 Å². The van der Waals surface area contributed by atoms with E-state index < -0.39 is 5.82 Å². The zero-order valence-electron chi connectivity index (χ0n) is 12.7. The molecule has 21 heavy (non-hydrogen) atoms. The minimum absolute atomic E-state index is 0.0336. The molecule has 0 saturated heterocycles. The molecule has 0 atom stereocenters. The number of hydrogen-bond acceptors (Lipinski definition) is 1. The Bertz CT molecular complexity index is 489. The van der Waals surface area contributed by atoms with Crippen LogP contribution in [0, 0.1) is 23.1 Å². The fourth-order valence-electron chi connectivity index (χ4n) is 3.40. The van der Waals surface area contributed by atoms with Crippen molar-refractivity contribution in [3.63, 3.8) is 0 Å². The van der Waals surface area contributed by atoms with Crippen molar-refractivity contribution in [2.75, 3.05) is 0 Å². The fraction of sp³-hybridized carbons (Fsp3) is 0.611. The van der Waals surface area contributed by atoms with E-state index in [-0.39, 0.29) is 10.6 Å². The van der Waals surface area contributed by atoms with Gasteiger partial charge in [-0.1, -0.05) is 44.2 Å². The number of nitriles is 1. The zero-order chi connectivity index (χ0) is 15.2. The van der Waals surface area contributed by atoms with Crippen LogP contribution in [0.1, 0.15) is 75.3 Å². The lowest BCUT2D eigenvalue weighted by atomic mass is 9.77. The molecule has 1 aliphatic carbocycles. The molecule has 0 aliphatic heterocycles. The molecular formula is C18H23ClFN. The van der Waals surface area contributed by atoms with Crippen LogP contribution in [0.25, 0.3) is 0 Å². The van der Waals surface area contributed by atoms with Crippen LogP contribution in [0.4, 0.5) is 4.39 Å². The number of hydrogen-bond donors (Lipinski definition) is 0. The van der Waals surface area contributed by atoms with Crippen molar-refractivity contribution in [1.82, 2.24) is 0 Å². The summed E-state index contributed by atoms with van der Waals surface area (Å²) in [7, 11) is 0. The van der Waals surface area contributed by atoms with Crippen LogP contribution in [-0.4, -0.2) is 0 Å². The third-order valence-corrected chi connectivity index (χ3v) is 5.01. The maximum atomic E-state index is 13.8. The molecule has 0 heterocycles. The van der Waals surface area contributed by atoms with Crippen LogP contribution in [0.3, 0.4) is 0 Å². The Morgan fingerprint density at radius 1 is 1.24 bits per heavy atom. The first-order chi connectivity index (χ1) is 10.2. The van der Waals surface area contributed by atoms with Gasteiger partial charge in [0, 0.05) is 0 Å². The number of rotatable bonds is 5. The van der Waals surface area contributed by atoms with Gasteiger partial charge in [0.25, 0.3) is 0 Å². The summed E-state index contributed by atoms with van der Waals surface area (Å²) in [5.41, 5.74) is 0.928. The molecule has 0 bridgehead atoms. The second-order valence-corrected chi connectivity index (χ2v) is 6.59. The third kappa shape index (κ3) is 4.20. The standard InChI is InChI=1S/C18H23ClFN/c1-2-3-4-5-13-6-8-14(9-7-13)15-10-17(19)16(12-21)18(20)11-15/h10-11,13-14H,2-9H2,1H3/t13-,14-. The van der Waals surface area contributed by atoms with Crippen LogP contribution in [0.15, 0.2) is 12.1 Å². The largest absolute Gasteiger partial charge is 0.205 e. The van der Waals surface area contributed by atoms with Crippen LogP contribution in [0.5, 0.6) is 0 Å². The lowest BCUT2D eigenvalue weighted by Crippen LogP contribution is -2.13. The highest BCUT2D eigenvalue weighted by Crippen LogP contribution is 2.39. The van der Waals surface area contributed by atoms with Crippen molar-refractivity contribution >= 4 is 11.6 Å². The zero-order valence-corrected chi connectivity index (χ0v) is 13.4. The minimum atomic E-state index is -0.481. The summed E-state index contributed by atoms with van der Waals surface area (Å²) >= 11 is 6.00. The maximum Gasteiger partial charge on any atom is 0.142 e. The first-order valence-electron chi connectivity index (χ1n) is 8.04. The second-order valence-electron chi connectivity index (χ2n) is 6.18. The quantitative estimate of drug-likeness (QED) is 0.594. The van der Waals surface area contributed by atoms with E-state index in [1.165, 1.54) is 44.6 Å². The Labute approximate surface area is 132 Å². The Morgan fingerprint density at radius 3 is 2.52 bits per heavy atom. The van der Waals surface area contributed by atoms with Crippen molar-refractivity contribution in [1.29, 1.82) is 5.26 Å². The third-order valence-electron chi connectivity index (χ3n) is 4.71. The van der Waals surface area contributed by atoms with Crippen LogP contribution < -0.4 is 0 Å². The molecule has 1 saturated carbocycles. The molecule has 1 fully saturated rings. The van der Waals surface area contributed by atoms with Gasteiger partial charge in [0.2, 0.25) is 0 Å². The highest BCUT2D eigenvalue weighted by atomic mass is 35.5. The predicted octanol–water partition coefficient (Wildman–Crippen LogP) is 6.20. The summed E-state index contributed by atoms with van der Waals surface area (Å²) in [6.07, 6.45) is 9.96. The lowest BCUT2D eigenvalue weighted by molar-refractivity contribution is 0.302. The van der Waals surface area contributed by atoms with E-state index in [0.29, 0.717) is 5.92 Å². The number of unbranched alkanes of at least 4 members (excludes halogenated alkanes) is 2. The normalized spacial score (nSPS) is 22.0. The molecule has 1 aromatic rings. The monoisotopic (exact) mass is 307 g/mol. The molecule has 0 amide bonds. The molecule has 0 unspecified atom stereocenters. The fourth-order valence-corrected chi connectivity index (χ4v) is 3.66. The highest BCUT2D eigenvalue weighted by molar-refractivity contribution is 6.31. The molecule has 3 heteroatoms. The Kier molecular flexibility index (Phi) is 6.06.